The van der Waals surface area contributed by atoms with E-state index in [1.807, 2.05) is 13.0 Å². The molecule has 0 fully saturated rings. The van der Waals surface area contributed by atoms with Gasteiger partial charge in [-0.25, -0.2) is 8.42 Å². The second-order valence-electron chi connectivity index (χ2n) is 5.81. The molecule has 0 radical (unpaired) electrons. The molecule has 0 aliphatic carbocycles. The van der Waals surface area contributed by atoms with Crippen LogP contribution in [0.1, 0.15) is 37.5 Å². The van der Waals surface area contributed by atoms with E-state index in [1.54, 1.807) is 7.11 Å². The molecule has 0 amide bonds. The van der Waals surface area contributed by atoms with E-state index in [1.165, 1.54) is 6.26 Å². The zero-order valence-corrected chi connectivity index (χ0v) is 12.8. The SMILES string of the molecule is COc1c(C)cc(C(C)(C)C)cc1CS(C)(=O)=O. The Bertz CT molecular complexity index is 537. The number of rotatable bonds is 3. The number of aryl methyl sites for hydroxylation is 1. The first-order chi connectivity index (χ1) is 8.04. The van der Waals surface area contributed by atoms with Gasteiger partial charge in [0.05, 0.1) is 12.9 Å². The molecule has 0 unspecified atom stereocenters. The molecule has 0 heterocycles. The van der Waals surface area contributed by atoms with Crippen LogP contribution in [0.3, 0.4) is 0 Å². The van der Waals surface area contributed by atoms with Crippen LogP contribution in [0.25, 0.3) is 0 Å². The number of hydrogen-bond acceptors (Lipinski definition) is 3. The van der Waals surface area contributed by atoms with Crippen molar-refractivity contribution >= 4 is 9.84 Å². The van der Waals surface area contributed by atoms with Crippen molar-refractivity contribution < 1.29 is 13.2 Å². The maximum absolute atomic E-state index is 11.5. The molecule has 0 spiro atoms. The molecule has 0 bridgehead atoms. The van der Waals surface area contributed by atoms with Crippen molar-refractivity contribution in [2.45, 2.75) is 38.9 Å². The molecule has 0 aliphatic rings. The van der Waals surface area contributed by atoms with E-state index in [9.17, 15) is 8.42 Å². The zero-order chi connectivity index (χ0) is 14.1. The Kier molecular flexibility index (Phi) is 4.11. The minimum Gasteiger partial charge on any atom is -0.496 e. The Morgan fingerprint density at radius 2 is 1.78 bits per heavy atom. The molecule has 1 aromatic rings. The van der Waals surface area contributed by atoms with Gasteiger partial charge in [0.2, 0.25) is 0 Å². The van der Waals surface area contributed by atoms with Crippen molar-refractivity contribution in [3.05, 3.63) is 28.8 Å². The third kappa shape index (κ3) is 3.73. The van der Waals surface area contributed by atoms with Crippen LogP contribution in [0.5, 0.6) is 5.75 Å². The van der Waals surface area contributed by atoms with E-state index in [0.717, 1.165) is 16.7 Å². The number of hydrogen-bond donors (Lipinski definition) is 0. The predicted molar refractivity (Wildman–Crippen MR) is 75.0 cm³/mol. The molecule has 18 heavy (non-hydrogen) atoms. The number of methoxy groups -OCH3 is 1. The second-order valence-corrected chi connectivity index (χ2v) is 7.95. The highest BCUT2D eigenvalue weighted by molar-refractivity contribution is 7.89. The van der Waals surface area contributed by atoms with Gasteiger partial charge in [0.25, 0.3) is 0 Å². The molecule has 0 aliphatic heterocycles. The molecule has 1 rings (SSSR count). The van der Waals surface area contributed by atoms with E-state index in [-0.39, 0.29) is 11.2 Å². The number of sulfone groups is 1. The summed E-state index contributed by atoms with van der Waals surface area (Å²) in [6.45, 7) is 8.27. The average molecular weight is 270 g/mol. The van der Waals surface area contributed by atoms with Crippen LogP contribution in [0.4, 0.5) is 0 Å². The Hall–Kier alpha value is -1.03. The Morgan fingerprint density at radius 3 is 2.17 bits per heavy atom. The first-order valence-electron chi connectivity index (χ1n) is 5.90. The van der Waals surface area contributed by atoms with Crippen molar-refractivity contribution in [2.24, 2.45) is 0 Å². The van der Waals surface area contributed by atoms with Crippen LogP contribution in [0.15, 0.2) is 12.1 Å². The molecule has 102 valence electrons. The van der Waals surface area contributed by atoms with Crippen LogP contribution in [-0.4, -0.2) is 21.8 Å². The summed E-state index contributed by atoms with van der Waals surface area (Å²) in [5, 5.41) is 0. The van der Waals surface area contributed by atoms with E-state index in [4.69, 9.17) is 4.74 Å². The molecule has 4 heteroatoms. The lowest BCUT2D eigenvalue weighted by Crippen LogP contribution is -2.13. The number of ether oxygens (including phenoxy) is 1. The summed E-state index contributed by atoms with van der Waals surface area (Å²) in [5.74, 6) is 0.689. The topological polar surface area (TPSA) is 43.4 Å². The summed E-state index contributed by atoms with van der Waals surface area (Å²) < 4.78 is 28.3. The average Bonchev–Trinajstić information content (AvgIpc) is 2.13. The van der Waals surface area contributed by atoms with Crippen molar-refractivity contribution in [1.29, 1.82) is 0 Å². The zero-order valence-electron chi connectivity index (χ0n) is 12.0. The third-order valence-corrected chi connectivity index (χ3v) is 3.67. The molecule has 0 aromatic heterocycles. The van der Waals surface area contributed by atoms with Crippen LogP contribution in [-0.2, 0) is 21.0 Å². The van der Waals surface area contributed by atoms with Crippen molar-refractivity contribution in [1.82, 2.24) is 0 Å². The molecular weight excluding hydrogens is 248 g/mol. The largest absolute Gasteiger partial charge is 0.496 e. The minimum atomic E-state index is -3.07. The maximum Gasteiger partial charge on any atom is 0.151 e. The van der Waals surface area contributed by atoms with Crippen LogP contribution >= 0.6 is 0 Å². The standard InChI is InChI=1S/C14H22O3S/c1-10-7-12(14(2,3)4)8-11(13(10)17-5)9-18(6,15)16/h7-8H,9H2,1-6H3. The summed E-state index contributed by atoms with van der Waals surface area (Å²) in [5.41, 5.74) is 2.83. The summed E-state index contributed by atoms with van der Waals surface area (Å²) >= 11 is 0. The van der Waals surface area contributed by atoms with Crippen LogP contribution < -0.4 is 4.74 Å². The molecule has 0 atom stereocenters. The van der Waals surface area contributed by atoms with E-state index < -0.39 is 9.84 Å². The third-order valence-electron chi connectivity index (χ3n) is 2.84. The predicted octanol–water partition coefficient (Wildman–Crippen LogP) is 2.85. The highest BCUT2D eigenvalue weighted by Crippen LogP contribution is 2.32. The van der Waals surface area contributed by atoms with Gasteiger partial charge in [0.1, 0.15) is 5.75 Å². The van der Waals surface area contributed by atoms with Crippen LogP contribution in [0.2, 0.25) is 0 Å². The lowest BCUT2D eigenvalue weighted by Gasteiger charge is -2.22. The summed E-state index contributed by atoms with van der Waals surface area (Å²) in [4.78, 5) is 0. The van der Waals surface area contributed by atoms with E-state index in [0.29, 0.717) is 5.75 Å². The van der Waals surface area contributed by atoms with Gasteiger partial charge in [-0.05, 0) is 23.5 Å². The van der Waals surface area contributed by atoms with Gasteiger partial charge in [-0.2, -0.15) is 0 Å². The summed E-state index contributed by atoms with van der Waals surface area (Å²) in [7, 11) is -1.49. The molecule has 0 N–H and O–H groups in total. The monoisotopic (exact) mass is 270 g/mol. The van der Waals surface area contributed by atoms with Gasteiger partial charge in [0.15, 0.2) is 9.84 Å². The van der Waals surface area contributed by atoms with Gasteiger partial charge in [0, 0.05) is 11.8 Å². The lowest BCUT2D eigenvalue weighted by molar-refractivity contribution is 0.407. The molecule has 0 saturated carbocycles. The molecule has 0 saturated heterocycles. The first kappa shape index (κ1) is 15.0. The fraction of sp³-hybridized carbons (Fsp3) is 0.571. The van der Waals surface area contributed by atoms with E-state index in [2.05, 4.69) is 26.8 Å². The highest BCUT2D eigenvalue weighted by atomic mass is 32.2. The minimum absolute atomic E-state index is 0.0106. The van der Waals surface area contributed by atoms with Gasteiger partial charge in [-0.15, -0.1) is 0 Å². The fourth-order valence-corrected chi connectivity index (χ4v) is 2.74. The highest BCUT2D eigenvalue weighted by Gasteiger charge is 2.19. The van der Waals surface area contributed by atoms with Crippen molar-refractivity contribution in [3.8, 4) is 5.75 Å². The van der Waals surface area contributed by atoms with Gasteiger partial charge in [-0.3, -0.25) is 0 Å². The second kappa shape index (κ2) is 4.92. The first-order valence-corrected chi connectivity index (χ1v) is 7.96. The van der Waals surface area contributed by atoms with Gasteiger partial charge in [-0.1, -0.05) is 32.9 Å². The molecular formula is C14H22O3S. The number of benzene rings is 1. The molecule has 1 aromatic carbocycles. The van der Waals surface area contributed by atoms with Crippen LogP contribution in [0, 0.1) is 6.92 Å². The van der Waals surface area contributed by atoms with Crippen molar-refractivity contribution in [2.75, 3.05) is 13.4 Å². The fourth-order valence-electron chi connectivity index (χ4n) is 1.96. The summed E-state index contributed by atoms with van der Waals surface area (Å²) in [6, 6.07) is 4.00. The Labute approximate surface area is 110 Å². The Balaban J connectivity index is 3.42. The molecule has 3 nitrogen and oxygen atoms in total. The smallest absolute Gasteiger partial charge is 0.151 e. The summed E-state index contributed by atoms with van der Waals surface area (Å²) in [6.07, 6.45) is 1.24. The maximum atomic E-state index is 11.5. The normalized spacial score (nSPS) is 12.6. The van der Waals surface area contributed by atoms with Gasteiger partial charge < -0.3 is 4.74 Å². The van der Waals surface area contributed by atoms with Gasteiger partial charge >= 0.3 is 0 Å². The Morgan fingerprint density at radius 1 is 1.22 bits per heavy atom. The lowest BCUT2D eigenvalue weighted by atomic mass is 9.85. The van der Waals surface area contributed by atoms with Crippen molar-refractivity contribution in [3.63, 3.8) is 0 Å². The van der Waals surface area contributed by atoms with E-state index >= 15 is 0 Å². The quantitative estimate of drug-likeness (QED) is 0.848.